The first-order valence-electron chi connectivity index (χ1n) is 12.2. The third-order valence-electron chi connectivity index (χ3n) is 7.15. The van der Waals surface area contributed by atoms with Crippen LogP contribution in [0.2, 0.25) is 0 Å². The van der Waals surface area contributed by atoms with Crippen molar-refractivity contribution in [1.29, 1.82) is 0 Å². The van der Waals surface area contributed by atoms with Crippen molar-refractivity contribution in [1.82, 2.24) is 0 Å². The Balaban J connectivity index is 2.59. The predicted octanol–water partition coefficient (Wildman–Crippen LogP) is 8.24. The van der Waals surface area contributed by atoms with Crippen LogP contribution in [-0.2, 0) is 4.79 Å². The lowest BCUT2D eigenvalue weighted by molar-refractivity contribution is -0.158. The highest BCUT2D eigenvalue weighted by Gasteiger charge is 2.48. The maximum atomic E-state index is 12.5. The van der Waals surface area contributed by atoms with Gasteiger partial charge in [0.15, 0.2) is 0 Å². The highest BCUT2D eigenvalue weighted by molar-refractivity contribution is 5.75. The van der Waals surface area contributed by atoms with Gasteiger partial charge in [0.1, 0.15) is 0 Å². The van der Waals surface area contributed by atoms with E-state index in [2.05, 4.69) is 27.7 Å². The summed E-state index contributed by atoms with van der Waals surface area (Å²) < 4.78 is 0. The van der Waals surface area contributed by atoms with Crippen LogP contribution in [0.5, 0.6) is 0 Å². The smallest absolute Gasteiger partial charge is 0.309 e. The van der Waals surface area contributed by atoms with E-state index in [-0.39, 0.29) is 0 Å². The molecule has 1 saturated carbocycles. The van der Waals surface area contributed by atoms with E-state index >= 15 is 0 Å². The van der Waals surface area contributed by atoms with Crippen molar-refractivity contribution < 1.29 is 9.90 Å². The molecule has 0 aromatic rings. The Morgan fingerprint density at radius 1 is 1.00 bits per heavy atom. The van der Waals surface area contributed by atoms with E-state index in [0.717, 1.165) is 32.1 Å². The van der Waals surface area contributed by atoms with Gasteiger partial charge in [-0.1, -0.05) is 98.3 Å². The van der Waals surface area contributed by atoms with Crippen molar-refractivity contribution in [2.75, 3.05) is 0 Å². The molecule has 1 fully saturated rings. The van der Waals surface area contributed by atoms with Crippen LogP contribution in [0.1, 0.15) is 130 Å². The summed E-state index contributed by atoms with van der Waals surface area (Å²) in [5.41, 5.74) is -0.444. The monoisotopic (exact) mass is 380 g/mol. The van der Waals surface area contributed by atoms with Crippen LogP contribution in [0.3, 0.4) is 0 Å². The normalized spacial score (nSPS) is 26.8. The number of hydrogen-bond donors (Lipinski definition) is 1. The van der Waals surface area contributed by atoms with Gasteiger partial charge in [-0.2, -0.15) is 0 Å². The first-order valence-corrected chi connectivity index (χ1v) is 12.2. The van der Waals surface area contributed by atoms with Gasteiger partial charge in [0.25, 0.3) is 0 Å². The number of rotatable bonds is 15. The van der Waals surface area contributed by atoms with Gasteiger partial charge in [0.2, 0.25) is 0 Å². The Morgan fingerprint density at radius 2 is 1.59 bits per heavy atom. The number of unbranched alkanes of at least 4 members (excludes halogenated alkanes) is 8. The molecular formula is C25H48O2. The molecule has 0 aromatic carbocycles. The van der Waals surface area contributed by atoms with Gasteiger partial charge in [-0.25, -0.2) is 0 Å². The quantitative estimate of drug-likeness (QED) is 0.290. The van der Waals surface area contributed by atoms with E-state index < -0.39 is 11.4 Å². The van der Waals surface area contributed by atoms with Crippen molar-refractivity contribution in [3.8, 4) is 0 Å². The Hall–Kier alpha value is -0.530. The molecule has 0 spiro atoms. The number of aliphatic carboxylic acids is 1. The Bertz CT molecular complexity index is 392. The van der Waals surface area contributed by atoms with E-state index in [1.165, 1.54) is 70.6 Å². The van der Waals surface area contributed by atoms with Crippen LogP contribution in [-0.4, -0.2) is 11.1 Å². The van der Waals surface area contributed by atoms with E-state index in [1.54, 1.807) is 0 Å². The van der Waals surface area contributed by atoms with E-state index in [1.807, 2.05) is 0 Å². The molecule has 2 heteroatoms. The first kappa shape index (κ1) is 24.5. The lowest BCUT2D eigenvalue weighted by Crippen LogP contribution is -2.44. The van der Waals surface area contributed by atoms with Crippen LogP contribution >= 0.6 is 0 Å². The Labute approximate surface area is 169 Å². The molecule has 1 aliphatic rings. The van der Waals surface area contributed by atoms with Gasteiger partial charge >= 0.3 is 5.97 Å². The first-order chi connectivity index (χ1) is 13.0. The SMILES string of the molecule is CCCCCCCCC(C)CC1(C(=O)O)CCC(C)CC1CCCCCC. The van der Waals surface area contributed by atoms with Crippen molar-refractivity contribution in [3.63, 3.8) is 0 Å². The van der Waals surface area contributed by atoms with Crippen molar-refractivity contribution in [2.24, 2.45) is 23.2 Å². The van der Waals surface area contributed by atoms with Gasteiger partial charge in [0.05, 0.1) is 5.41 Å². The second-order valence-electron chi connectivity index (χ2n) is 9.75. The van der Waals surface area contributed by atoms with E-state index in [0.29, 0.717) is 17.8 Å². The fourth-order valence-corrected chi connectivity index (χ4v) is 5.38. The second-order valence-corrected chi connectivity index (χ2v) is 9.75. The Kier molecular flexibility index (Phi) is 12.4. The van der Waals surface area contributed by atoms with Crippen LogP contribution in [0.4, 0.5) is 0 Å². The lowest BCUT2D eigenvalue weighted by atomic mass is 9.59. The van der Waals surface area contributed by atoms with Gasteiger partial charge in [-0.05, 0) is 49.9 Å². The van der Waals surface area contributed by atoms with Crippen molar-refractivity contribution in [3.05, 3.63) is 0 Å². The summed E-state index contributed by atoms with van der Waals surface area (Å²) in [4.78, 5) is 12.5. The summed E-state index contributed by atoms with van der Waals surface area (Å²) in [5, 5.41) is 10.3. The molecular weight excluding hydrogens is 332 g/mol. The molecule has 1 N–H and O–H groups in total. The Morgan fingerprint density at radius 3 is 2.22 bits per heavy atom. The summed E-state index contributed by atoms with van der Waals surface area (Å²) in [6.45, 7) is 9.14. The second kappa shape index (κ2) is 13.6. The maximum absolute atomic E-state index is 12.5. The summed E-state index contributed by atoms with van der Waals surface area (Å²) >= 11 is 0. The molecule has 160 valence electrons. The molecule has 4 atom stereocenters. The van der Waals surface area contributed by atoms with Crippen molar-refractivity contribution >= 4 is 5.97 Å². The number of carboxylic acids is 1. The molecule has 0 aliphatic heterocycles. The molecule has 0 radical (unpaired) electrons. The van der Waals surface area contributed by atoms with Crippen LogP contribution in [0, 0.1) is 23.2 Å². The maximum Gasteiger partial charge on any atom is 0.309 e. The standard InChI is InChI=1S/C25H48O2/c1-5-7-9-11-12-13-15-22(4)20-25(24(26)27)18-17-21(3)19-23(25)16-14-10-8-6-2/h21-23H,5-20H2,1-4H3,(H,26,27). The summed E-state index contributed by atoms with van der Waals surface area (Å²) in [5.74, 6) is 1.13. The third-order valence-corrected chi connectivity index (χ3v) is 7.15. The molecule has 0 amide bonds. The zero-order chi connectivity index (χ0) is 20.1. The van der Waals surface area contributed by atoms with E-state index in [4.69, 9.17) is 0 Å². The topological polar surface area (TPSA) is 37.3 Å². The minimum Gasteiger partial charge on any atom is -0.481 e. The predicted molar refractivity (Wildman–Crippen MR) is 117 cm³/mol. The van der Waals surface area contributed by atoms with Crippen LogP contribution < -0.4 is 0 Å². The highest BCUT2D eigenvalue weighted by Crippen LogP contribution is 2.50. The van der Waals surface area contributed by atoms with Crippen LogP contribution in [0.15, 0.2) is 0 Å². The average molecular weight is 381 g/mol. The van der Waals surface area contributed by atoms with Gasteiger partial charge < -0.3 is 5.11 Å². The molecule has 4 unspecified atom stereocenters. The summed E-state index contributed by atoms with van der Waals surface area (Å²) in [7, 11) is 0. The lowest BCUT2D eigenvalue weighted by Gasteiger charge is -2.45. The molecule has 0 bridgehead atoms. The molecule has 2 nitrogen and oxygen atoms in total. The molecule has 1 rings (SSSR count). The minimum absolute atomic E-state index is 0.391. The van der Waals surface area contributed by atoms with Gasteiger partial charge in [0, 0.05) is 0 Å². The van der Waals surface area contributed by atoms with Crippen LogP contribution in [0.25, 0.3) is 0 Å². The molecule has 0 aromatic heterocycles. The fourth-order valence-electron chi connectivity index (χ4n) is 5.38. The van der Waals surface area contributed by atoms with E-state index in [9.17, 15) is 9.90 Å². The zero-order valence-electron chi connectivity index (χ0n) is 18.9. The van der Waals surface area contributed by atoms with Crippen molar-refractivity contribution in [2.45, 2.75) is 130 Å². The minimum atomic E-state index is -0.496. The fraction of sp³-hybridized carbons (Fsp3) is 0.960. The molecule has 0 saturated heterocycles. The number of carboxylic acid groups (broad SMARTS) is 1. The summed E-state index contributed by atoms with van der Waals surface area (Å²) in [6, 6.07) is 0. The van der Waals surface area contributed by atoms with Gasteiger partial charge in [-0.3, -0.25) is 4.79 Å². The zero-order valence-corrected chi connectivity index (χ0v) is 18.9. The van der Waals surface area contributed by atoms with Gasteiger partial charge in [-0.15, -0.1) is 0 Å². The average Bonchev–Trinajstić information content (AvgIpc) is 2.63. The molecule has 27 heavy (non-hydrogen) atoms. The largest absolute Gasteiger partial charge is 0.481 e. The summed E-state index contributed by atoms with van der Waals surface area (Å²) in [6.07, 6.45) is 19.4. The number of carbonyl (C=O) groups is 1. The highest BCUT2D eigenvalue weighted by atomic mass is 16.4. The number of hydrogen-bond acceptors (Lipinski definition) is 1. The third kappa shape index (κ3) is 8.57. The molecule has 0 heterocycles. The molecule has 1 aliphatic carbocycles.